The van der Waals surface area contributed by atoms with Gasteiger partial charge in [-0.1, -0.05) is 66.7 Å². The SMILES string of the molecule is O=C(O)COc1cccc(C(=O)NCCc2cc(C(c3ccccc3)c3ccccc3)c[nH]c2=O)c1. The van der Waals surface area contributed by atoms with Crippen molar-refractivity contribution in [2.75, 3.05) is 13.2 Å². The molecule has 0 unspecified atom stereocenters. The van der Waals surface area contributed by atoms with Crippen LogP contribution < -0.4 is 15.6 Å². The maximum atomic E-state index is 12.6. The Bertz CT molecular complexity index is 1340. The number of H-pyrrole nitrogens is 1. The Balaban J connectivity index is 1.48. The van der Waals surface area contributed by atoms with Gasteiger partial charge in [-0.15, -0.1) is 0 Å². The van der Waals surface area contributed by atoms with Gasteiger partial charge >= 0.3 is 5.97 Å². The van der Waals surface area contributed by atoms with Crippen molar-refractivity contribution < 1.29 is 19.4 Å². The lowest BCUT2D eigenvalue weighted by atomic mass is 9.85. The van der Waals surface area contributed by atoms with Gasteiger partial charge in [0.05, 0.1) is 0 Å². The van der Waals surface area contributed by atoms with Gasteiger partial charge in [0.15, 0.2) is 6.61 Å². The van der Waals surface area contributed by atoms with Gasteiger partial charge in [0, 0.05) is 29.8 Å². The van der Waals surface area contributed by atoms with Gasteiger partial charge in [-0.25, -0.2) is 4.79 Å². The van der Waals surface area contributed by atoms with E-state index in [1.807, 2.05) is 42.5 Å². The Morgan fingerprint density at radius 2 is 1.53 bits per heavy atom. The zero-order valence-corrected chi connectivity index (χ0v) is 19.5. The third-order valence-electron chi connectivity index (χ3n) is 5.74. The lowest BCUT2D eigenvalue weighted by Gasteiger charge is -2.19. The number of benzene rings is 3. The third-order valence-corrected chi connectivity index (χ3v) is 5.74. The Kier molecular flexibility index (Phi) is 7.93. The molecule has 0 saturated carbocycles. The quantitative estimate of drug-likeness (QED) is 0.317. The largest absolute Gasteiger partial charge is 0.482 e. The number of ether oxygens (including phenoxy) is 1. The minimum absolute atomic E-state index is 0.0499. The van der Waals surface area contributed by atoms with Gasteiger partial charge in [-0.2, -0.15) is 0 Å². The lowest BCUT2D eigenvalue weighted by molar-refractivity contribution is -0.139. The van der Waals surface area contributed by atoms with Crippen LogP contribution in [0, 0.1) is 0 Å². The van der Waals surface area contributed by atoms with E-state index >= 15 is 0 Å². The zero-order valence-electron chi connectivity index (χ0n) is 19.5. The number of carbonyl (C=O) groups excluding carboxylic acids is 1. The number of aromatic amines is 1. The van der Waals surface area contributed by atoms with E-state index in [2.05, 4.69) is 34.6 Å². The molecule has 1 amide bonds. The summed E-state index contributed by atoms with van der Waals surface area (Å²) in [5.74, 6) is -1.19. The first-order valence-corrected chi connectivity index (χ1v) is 11.6. The zero-order chi connectivity index (χ0) is 25.3. The highest BCUT2D eigenvalue weighted by Crippen LogP contribution is 2.31. The van der Waals surface area contributed by atoms with E-state index in [-0.39, 0.29) is 23.9 Å². The summed E-state index contributed by atoms with van der Waals surface area (Å²) in [6.45, 7) is -0.232. The number of hydrogen-bond donors (Lipinski definition) is 3. The predicted octanol–water partition coefficient (Wildman–Crippen LogP) is 3.99. The highest BCUT2D eigenvalue weighted by atomic mass is 16.5. The Hall–Kier alpha value is -4.65. The summed E-state index contributed by atoms with van der Waals surface area (Å²) in [6, 6.07) is 28.4. The first kappa shape index (κ1) is 24.5. The first-order valence-electron chi connectivity index (χ1n) is 11.6. The molecule has 7 heteroatoms. The van der Waals surface area contributed by atoms with Crippen LogP contribution in [-0.4, -0.2) is 35.1 Å². The topological polar surface area (TPSA) is 108 Å². The first-order chi connectivity index (χ1) is 17.5. The number of hydrogen-bond acceptors (Lipinski definition) is 4. The van der Waals surface area contributed by atoms with Crippen LogP contribution in [0.5, 0.6) is 5.75 Å². The molecule has 182 valence electrons. The number of amides is 1. The summed E-state index contributed by atoms with van der Waals surface area (Å²) in [5, 5.41) is 11.6. The molecule has 0 aliphatic heterocycles. The molecule has 36 heavy (non-hydrogen) atoms. The van der Waals surface area contributed by atoms with Crippen LogP contribution in [-0.2, 0) is 11.2 Å². The number of carboxylic acid groups (broad SMARTS) is 1. The van der Waals surface area contributed by atoms with Gasteiger partial charge in [0.2, 0.25) is 0 Å². The fourth-order valence-electron chi connectivity index (χ4n) is 4.06. The van der Waals surface area contributed by atoms with E-state index in [0.717, 1.165) is 16.7 Å². The second-order valence-corrected chi connectivity index (χ2v) is 8.26. The van der Waals surface area contributed by atoms with Crippen molar-refractivity contribution in [1.82, 2.24) is 10.3 Å². The molecule has 1 aromatic heterocycles. The van der Waals surface area contributed by atoms with E-state index < -0.39 is 12.6 Å². The molecule has 0 radical (unpaired) electrons. The standard InChI is InChI=1S/C29H26N2O5/c32-26(33)19-36-25-13-7-12-22(17-25)28(34)30-15-14-23-16-24(18-31-29(23)35)27(20-8-3-1-4-9-20)21-10-5-2-6-11-21/h1-13,16-18,27H,14-15,19H2,(H,30,34)(H,31,35)(H,32,33). The van der Waals surface area contributed by atoms with Crippen LogP contribution in [0.15, 0.2) is 102 Å². The molecule has 0 bridgehead atoms. The van der Waals surface area contributed by atoms with Crippen LogP contribution in [0.2, 0.25) is 0 Å². The number of aromatic nitrogens is 1. The molecule has 3 N–H and O–H groups in total. The van der Waals surface area contributed by atoms with Gasteiger partial charge in [0.25, 0.3) is 11.5 Å². The van der Waals surface area contributed by atoms with Crippen molar-refractivity contribution in [3.63, 3.8) is 0 Å². The van der Waals surface area contributed by atoms with Gasteiger partial charge in [-0.3, -0.25) is 9.59 Å². The van der Waals surface area contributed by atoms with Crippen LogP contribution in [0.4, 0.5) is 0 Å². The molecule has 0 saturated heterocycles. The second-order valence-electron chi connectivity index (χ2n) is 8.26. The van der Waals surface area contributed by atoms with Gasteiger partial charge < -0.3 is 20.1 Å². The van der Waals surface area contributed by atoms with Crippen LogP contribution in [0.3, 0.4) is 0 Å². The molecule has 4 aromatic rings. The summed E-state index contributed by atoms with van der Waals surface area (Å²) in [4.78, 5) is 38.7. The molecule has 0 aliphatic rings. The highest BCUT2D eigenvalue weighted by molar-refractivity contribution is 5.94. The average molecular weight is 483 g/mol. The summed E-state index contributed by atoms with van der Waals surface area (Å²) in [7, 11) is 0. The van der Waals surface area contributed by atoms with Crippen molar-refractivity contribution in [2.45, 2.75) is 12.3 Å². The average Bonchev–Trinajstić information content (AvgIpc) is 2.90. The lowest BCUT2D eigenvalue weighted by Crippen LogP contribution is -2.27. The fourth-order valence-corrected chi connectivity index (χ4v) is 4.06. The maximum absolute atomic E-state index is 12.6. The number of carbonyl (C=O) groups is 2. The summed E-state index contributed by atoms with van der Waals surface area (Å²) in [6.07, 6.45) is 2.10. The Morgan fingerprint density at radius 3 is 2.17 bits per heavy atom. The third kappa shape index (κ3) is 6.27. The Morgan fingerprint density at radius 1 is 0.861 bits per heavy atom. The second kappa shape index (κ2) is 11.7. The summed E-state index contributed by atoms with van der Waals surface area (Å²) in [5.41, 5.74) is 3.89. The molecule has 3 aromatic carbocycles. The van der Waals surface area contributed by atoms with Crippen molar-refractivity contribution in [3.05, 3.63) is 135 Å². The molecular weight excluding hydrogens is 456 g/mol. The number of aliphatic carboxylic acids is 1. The molecule has 0 aliphatic carbocycles. The van der Waals surface area contributed by atoms with Crippen LogP contribution in [0.25, 0.3) is 0 Å². The molecular formula is C29H26N2O5. The van der Waals surface area contributed by atoms with Crippen molar-refractivity contribution in [2.24, 2.45) is 0 Å². The van der Waals surface area contributed by atoms with Crippen molar-refractivity contribution >= 4 is 11.9 Å². The number of carboxylic acids is 1. The summed E-state index contributed by atoms with van der Waals surface area (Å²) >= 11 is 0. The van der Waals surface area contributed by atoms with E-state index in [0.29, 0.717) is 23.3 Å². The van der Waals surface area contributed by atoms with Crippen LogP contribution >= 0.6 is 0 Å². The summed E-state index contributed by atoms with van der Waals surface area (Å²) < 4.78 is 5.13. The molecule has 7 nitrogen and oxygen atoms in total. The van der Waals surface area contributed by atoms with Crippen molar-refractivity contribution in [1.29, 1.82) is 0 Å². The van der Waals surface area contributed by atoms with Crippen LogP contribution in [0.1, 0.15) is 38.5 Å². The smallest absolute Gasteiger partial charge is 0.341 e. The molecule has 0 atom stereocenters. The number of pyridine rings is 1. The predicted molar refractivity (Wildman–Crippen MR) is 137 cm³/mol. The minimum Gasteiger partial charge on any atom is -0.482 e. The minimum atomic E-state index is -1.10. The van der Waals surface area contributed by atoms with Crippen molar-refractivity contribution in [3.8, 4) is 5.75 Å². The molecule has 1 heterocycles. The van der Waals surface area contributed by atoms with E-state index in [4.69, 9.17) is 9.84 Å². The molecule has 4 rings (SSSR count). The van der Waals surface area contributed by atoms with Gasteiger partial charge in [0.1, 0.15) is 5.75 Å². The number of rotatable bonds is 10. The molecule has 0 spiro atoms. The van der Waals surface area contributed by atoms with E-state index in [1.54, 1.807) is 24.4 Å². The fraction of sp³-hybridized carbons (Fsp3) is 0.138. The normalized spacial score (nSPS) is 10.7. The Labute approximate surface area is 208 Å². The van der Waals surface area contributed by atoms with E-state index in [9.17, 15) is 14.4 Å². The highest BCUT2D eigenvalue weighted by Gasteiger charge is 2.18. The number of nitrogens with one attached hydrogen (secondary N) is 2. The molecule has 0 fully saturated rings. The van der Waals surface area contributed by atoms with E-state index in [1.165, 1.54) is 6.07 Å². The monoisotopic (exact) mass is 482 g/mol. The van der Waals surface area contributed by atoms with Gasteiger partial charge in [-0.05, 0) is 47.4 Å². The maximum Gasteiger partial charge on any atom is 0.341 e.